The Morgan fingerprint density at radius 3 is 2.31 bits per heavy atom. The van der Waals surface area contributed by atoms with Gasteiger partial charge in [0.25, 0.3) is 10.0 Å². The van der Waals surface area contributed by atoms with E-state index in [1.54, 1.807) is 36.4 Å². The Morgan fingerprint density at radius 1 is 1.03 bits per heavy atom. The Morgan fingerprint density at radius 2 is 1.69 bits per heavy atom. The molecular formula is C21H18ClFN2O3S. The Bertz CT molecular complexity index is 1120. The molecule has 0 bridgehead atoms. The van der Waals surface area contributed by atoms with Crippen molar-refractivity contribution in [1.82, 2.24) is 0 Å². The number of halogens is 2. The fourth-order valence-electron chi connectivity index (χ4n) is 2.64. The number of sulfonamides is 1. The molecule has 0 radical (unpaired) electrons. The SMILES string of the molecule is Cc1ccc(NC(=O)CN(c2ccc(F)cc2)S(=O)(=O)c2ccccc2)cc1Cl. The van der Waals surface area contributed by atoms with E-state index >= 15 is 0 Å². The summed E-state index contributed by atoms with van der Waals surface area (Å²) in [6.45, 7) is 1.34. The summed E-state index contributed by atoms with van der Waals surface area (Å²) in [5.74, 6) is -1.07. The van der Waals surface area contributed by atoms with E-state index in [-0.39, 0.29) is 10.6 Å². The molecule has 0 saturated carbocycles. The lowest BCUT2D eigenvalue weighted by Gasteiger charge is -2.24. The second-order valence-electron chi connectivity index (χ2n) is 6.31. The van der Waals surface area contributed by atoms with Crippen LogP contribution in [0.4, 0.5) is 15.8 Å². The zero-order valence-electron chi connectivity index (χ0n) is 15.5. The van der Waals surface area contributed by atoms with Gasteiger partial charge in [-0.1, -0.05) is 35.9 Å². The van der Waals surface area contributed by atoms with Crippen LogP contribution in [-0.4, -0.2) is 20.9 Å². The van der Waals surface area contributed by atoms with Gasteiger partial charge in [0.15, 0.2) is 0 Å². The lowest BCUT2D eigenvalue weighted by atomic mass is 10.2. The third-order valence-corrected chi connectivity index (χ3v) is 6.38. The van der Waals surface area contributed by atoms with E-state index in [0.717, 1.165) is 22.0 Å². The molecule has 0 aliphatic rings. The Labute approximate surface area is 173 Å². The maximum Gasteiger partial charge on any atom is 0.264 e. The van der Waals surface area contributed by atoms with Crippen molar-refractivity contribution in [3.63, 3.8) is 0 Å². The molecule has 0 spiro atoms. The molecule has 0 saturated heterocycles. The van der Waals surface area contributed by atoms with E-state index in [2.05, 4.69) is 5.32 Å². The van der Waals surface area contributed by atoms with E-state index in [9.17, 15) is 17.6 Å². The number of carbonyl (C=O) groups excluding carboxylic acids is 1. The average molecular weight is 433 g/mol. The van der Waals surface area contributed by atoms with Crippen molar-refractivity contribution in [2.24, 2.45) is 0 Å². The van der Waals surface area contributed by atoms with E-state index in [1.807, 2.05) is 6.92 Å². The summed E-state index contributed by atoms with van der Waals surface area (Å²) in [5.41, 5.74) is 1.47. The number of benzene rings is 3. The minimum atomic E-state index is -4.05. The molecule has 150 valence electrons. The third kappa shape index (κ3) is 4.93. The summed E-state index contributed by atoms with van der Waals surface area (Å²) in [4.78, 5) is 12.6. The normalized spacial score (nSPS) is 11.1. The number of carbonyl (C=O) groups is 1. The van der Waals surface area contributed by atoms with Gasteiger partial charge in [0, 0.05) is 10.7 Å². The van der Waals surface area contributed by atoms with Crippen LogP contribution < -0.4 is 9.62 Å². The van der Waals surface area contributed by atoms with Crippen LogP contribution in [0.3, 0.4) is 0 Å². The Kier molecular flexibility index (Phi) is 6.20. The standard InChI is InChI=1S/C21H18ClFN2O3S/c1-15-7-10-17(13-20(15)22)24-21(26)14-25(18-11-8-16(23)9-12-18)29(27,28)19-5-3-2-4-6-19/h2-13H,14H2,1H3,(H,24,26). The van der Waals surface area contributed by atoms with Crippen molar-refractivity contribution >= 4 is 38.9 Å². The van der Waals surface area contributed by atoms with Crippen LogP contribution in [0.5, 0.6) is 0 Å². The van der Waals surface area contributed by atoms with Gasteiger partial charge in [0.1, 0.15) is 12.4 Å². The highest BCUT2D eigenvalue weighted by molar-refractivity contribution is 7.92. The summed E-state index contributed by atoms with van der Waals surface area (Å²) in [6, 6.07) is 17.6. The summed E-state index contributed by atoms with van der Waals surface area (Å²) < 4.78 is 40.5. The van der Waals surface area contributed by atoms with Gasteiger partial charge in [0.2, 0.25) is 5.91 Å². The quantitative estimate of drug-likeness (QED) is 0.618. The predicted molar refractivity (Wildman–Crippen MR) is 112 cm³/mol. The summed E-state index contributed by atoms with van der Waals surface area (Å²) in [5, 5.41) is 3.12. The number of nitrogens with one attached hydrogen (secondary N) is 1. The average Bonchev–Trinajstić information content (AvgIpc) is 2.70. The predicted octanol–water partition coefficient (Wildman–Crippen LogP) is 4.62. The minimum absolute atomic E-state index is 0.0236. The first kappa shape index (κ1) is 20.8. The molecule has 0 aromatic heterocycles. The zero-order valence-corrected chi connectivity index (χ0v) is 17.0. The zero-order chi connectivity index (χ0) is 21.0. The highest BCUT2D eigenvalue weighted by Gasteiger charge is 2.27. The fraction of sp³-hybridized carbons (Fsp3) is 0.0952. The smallest absolute Gasteiger partial charge is 0.264 e. The molecule has 1 amide bonds. The van der Waals surface area contributed by atoms with Crippen molar-refractivity contribution in [3.8, 4) is 0 Å². The molecule has 5 nitrogen and oxygen atoms in total. The second-order valence-corrected chi connectivity index (χ2v) is 8.58. The van der Waals surface area contributed by atoms with Gasteiger partial charge in [-0.05, 0) is 61.0 Å². The van der Waals surface area contributed by atoms with Gasteiger partial charge in [-0.25, -0.2) is 12.8 Å². The van der Waals surface area contributed by atoms with Crippen LogP contribution in [0.25, 0.3) is 0 Å². The summed E-state index contributed by atoms with van der Waals surface area (Å²) in [7, 11) is -4.05. The van der Waals surface area contributed by atoms with Crippen molar-refractivity contribution in [1.29, 1.82) is 0 Å². The number of amides is 1. The topological polar surface area (TPSA) is 66.5 Å². The highest BCUT2D eigenvalue weighted by atomic mass is 35.5. The summed E-state index contributed by atoms with van der Waals surface area (Å²) >= 11 is 6.07. The van der Waals surface area contributed by atoms with Gasteiger partial charge < -0.3 is 5.32 Å². The number of aryl methyl sites for hydroxylation is 1. The number of nitrogens with zero attached hydrogens (tertiary/aromatic N) is 1. The first-order valence-corrected chi connectivity index (χ1v) is 10.5. The van der Waals surface area contributed by atoms with Crippen LogP contribution >= 0.6 is 11.6 Å². The van der Waals surface area contributed by atoms with Gasteiger partial charge in [-0.2, -0.15) is 0 Å². The summed E-state index contributed by atoms with van der Waals surface area (Å²) in [6.07, 6.45) is 0. The van der Waals surface area contributed by atoms with E-state index in [4.69, 9.17) is 11.6 Å². The molecule has 0 aliphatic heterocycles. The number of hydrogen-bond donors (Lipinski definition) is 1. The molecule has 8 heteroatoms. The fourth-order valence-corrected chi connectivity index (χ4v) is 4.27. The van der Waals surface area contributed by atoms with Crippen LogP contribution in [0.1, 0.15) is 5.56 Å². The monoisotopic (exact) mass is 432 g/mol. The number of rotatable bonds is 6. The number of hydrogen-bond acceptors (Lipinski definition) is 3. The van der Waals surface area contributed by atoms with Gasteiger partial charge in [0.05, 0.1) is 10.6 Å². The molecule has 0 atom stereocenters. The molecule has 0 heterocycles. The van der Waals surface area contributed by atoms with Crippen molar-refractivity contribution in [2.75, 3.05) is 16.2 Å². The molecule has 3 aromatic carbocycles. The van der Waals surface area contributed by atoms with Crippen LogP contribution in [-0.2, 0) is 14.8 Å². The lowest BCUT2D eigenvalue weighted by Crippen LogP contribution is -2.38. The van der Waals surface area contributed by atoms with E-state index in [1.165, 1.54) is 24.3 Å². The minimum Gasteiger partial charge on any atom is -0.324 e. The maximum atomic E-state index is 13.3. The van der Waals surface area contributed by atoms with Crippen LogP contribution in [0, 0.1) is 12.7 Å². The maximum absolute atomic E-state index is 13.3. The molecular weight excluding hydrogens is 415 g/mol. The Hall–Kier alpha value is -2.90. The van der Waals surface area contributed by atoms with Crippen LogP contribution in [0.2, 0.25) is 5.02 Å². The molecule has 3 rings (SSSR count). The van der Waals surface area contributed by atoms with E-state index in [0.29, 0.717) is 10.7 Å². The second kappa shape index (κ2) is 8.63. The largest absolute Gasteiger partial charge is 0.324 e. The molecule has 0 unspecified atom stereocenters. The molecule has 29 heavy (non-hydrogen) atoms. The van der Waals surface area contributed by atoms with E-state index < -0.39 is 28.3 Å². The van der Waals surface area contributed by atoms with Gasteiger partial charge in [-0.3, -0.25) is 9.10 Å². The molecule has 1 N–H and O–H groups in total. The van der Waals surface area contributed by atoms with Gasteiger partial charge >= 0.3 is 0 Å². The number of anilines is 2. The van der Waals surface area contributed by atoms with Crippen molar-refractivity contribution in [3.05, 3.63) is 89.2 Å². The Balaban J connectivity index is 1.92. The molecule has 3 aromatic rings. The first-order valence-electron chi connectivity index (χ1n) is 8.67. The van der Waals surface area contributed by atoms with Gasteiger partial charge in [-0.15, -0.1) is 0 Å². The highest BCUT2D eigenvalue weighted by Crippen LogP contribution is 2.24. The lowest BCUT2D eigenvalue weighted by molar-refractivity contribution is -0.114. The van der Waals surface area contributed by atoms with Crippen LogP contribution in [0.15, 0.2) is 77.7 Å². The molecule has 0 aliphatic carbocycles. The third-order valence-electron chi connectivity index (χ3n) is 4.19. The first-order chi connectivity index (χ1) is 13.8. The van der Waals surface area contributed by atoms with Crippen molar-refractivity contribution < 1.29 is 17.6 Å². The molecule has 0 fully saturated rings. The van der Waals surface area contributed by atoms with Crippen molar-refractivity contribution in [2.45, 2.75) is 11.8 Å².